The molecular formula is C26H21NO2. The molecule has 0 saturated carbocycles. The van der Waals surface area contributed by atoms with Gasteiger partial charge in [-0.3, -0.25) is 0 Å². The monoisotopic (exact) mass is 379 g/mol. The molecule has 0 saturated heterocycles. The van der Waals surface area contributed by atoms with Crippen LogP contribution in [0, 0.1) is 0 Å². The molecule has 0 aliphatic heterocycles. The predicted octanol–water partition coefficient (Wildman–Crippen LogP) is 5.65. The summed E-state index contributed by atoms with van der Waals surface area (Å²) in [5.41, 5.74) is 3.64. The van der Waals surface area contributed by atoms with Gasteiger partial charge >= 0.3 is 0 Å². The molecule has 2 aromatic heterocycles. The Bertz CT molecular complexity index is 1210. The fraction of sp³-hybridized carbons (Fsp3) is 0.115. The van der Waals surface area contributed by atoms with E-state index in [-0.39, 0.29) is 0 Å². The summed E-state index contributed by atoms with van der Waals surface area (Å²) in [4.78, 5) is 4.38. The number of furan rings is 1. The summed E-state index contributed by atoms with van der Waals surface area (Å²) in [7, 11) is 0. The molecule has 0 fully saturated rings. The van der Waals surface area contributed by atoms with Crippen molar-refractivity contribution in [2.75, 3.05) is 0 Å². The fourth-order valence-electron chi connectivity index (χ4n) is 4.02. The average molecular weight is 379 g/mol. The van der Waals surface area contributed by atoms with Crippen molar-refractivity contribution in [1.82, 2.24) is 4.98 Å². The Morgan fingerprint density at radius 1 is 0.931 bits per heavy atom. The van der Waals surface area contributed by atoms with Gasteiger partial charge in [-0.25, -0.2) is 4.98 Å². The number of allylic oxidation sites excluding steroid dienone is 2. The van der Waals surface area contributed by atoms with Gasteiger partial charge in [0.05, 0.1) is 0 Å². The minimum Gasteiger partial charge on any atom is -0.442 e. The van der Waals surface area contributed by atoms with E-state index >= 15 is 0 Å². The zero-order chi connectivity index (χ0) is 19.7. The zero-order valence-corrected chi connectivity index (χ0v) is 16.0. The van der Waals surface area contributed by atoms with E-state index in [1.54, 1.807) is 6.20 Å². The standard InChI is InChI=1S/C26H21NO2/c28-26(15-13-21(14-16-26)20-10-5-2-6-11-20)24-22-12-7-17-27-25(22)29-23(24)18-19-8-3-1-4-9-19/h1-15,17,28H,16,18H2. The highest BCUT2D eigenvalue weighted by molar-refractivity contribution is 5.82. The Kier molecular flexibility index (Phi) is 4.38. The maximum Gasteiger partial charge on any atom is 0.226 e. The fourth-order valence-corrected chi connectivity index (χ4v) is 4.02. The average Bonchev–Trinajstić information content (AvgIpc) is 3.14. The van der Waals surface area contributed by atoms with Crippen LogP contribution < -0.4 is 0 Å². The molecule has 2 aromatic carbocycles. The number of hydrogen-bond donors (Lipinski definition) is 1. The Morgan fingerprint density at radius 3 is 2.41 bits per heavy atom. The molecule has 1 unspecified atom stereocenters. The summed E-state index contributed by atoms with van der Waals surface area (Å²) in [6, 6.07) is 24.2. The van der Waals surface area contributed by atoms with Crippen molar-refractivity contribution in [3.63, 3.8) is 0 Å². The molecule has 2 heterocycles. The van der Waals surface area contributed by atoms with Crippen LogP contribution in [0.15, 0.2) is 102 Å². The predicted molar refractivity (Wildman–Crippen MR) is 115 cm³/mol. The number of rotatable bonds is 4. The minimum atomic E-state index is -1.13. The van der Waals surface area contributed by atoms with Crippen LogP contribution in [0.1, 0.15) is 28.9 Å². The smallest absolute Gasteiger partial charge is 0.226 e. The lowest BCUT2D eigenvalue weighted by molar-refractivity contribution is 0.0913. The molecule has 4 aromatic rings. The molecule has 3 nitrogen and oxygen atoms in total. The summed E-state index contributed by atoms with van der Waals surface area (Å²) in [5, 5.41) is 12.5. The first-order valence-electron chi connectivity index (χ1n) is 9.81. The first-order chi connectivity index (χ1) is 14.2. The van der Waals surface area contributed by atoms with Gasteiger partial charge in [-0.1, -0.05) is 72.8 Å². The van der Waals surface area contributed by atoms with Crippen LogP contribution in [-0.4, -0.2) is 10.1 Å². The number of aromatic nitrogens is 1. The normalized spacial score (nSPS) is 18.7. The van der Waals surface area contributed by atoms with E-state index in [9.17, 15) is 5.11 Å². The molecule has 5 rings (SSSR count). The summed E-state index contributed by atoms with van der Waals surface area (Å²) < 4.78 is 6.11. The summed E-state index contributed by atoms with van der Waals surface area (Å²) >= 11 is 0. The van der Waals surface area contributed by atoms with Crippen molar-refractivity contribution in [2.45, 2.75) is 18.4 Å². The molecule has 0 bridgehead atoms. The van der Waals surface area contributed by atoms with Crippen LogP contribution in [0.3, 0.4) is 0 Å². The van der Waals surface area contributed by atoms with E-state index in [1.807, 2.05) is 60.7 Å². The Hall–Kier alpha value is -3.43. The van der Waals surface area contributed by atoms with E-state index < -0.39 is 5.60 Å². The molecule has 142 valence electrons. The number of pyridine rings is 1. The van der Waals surface area contributed by atoms with Crippen molar-refractivity contribution < 1.29 is 9.52 Å². The lowest BCUT2D eigenvalue weighted by Gasteiger charge is -2.27. The van der Waals surface area contributed by atoms with E-state index in [0.29, 0.717) is 18.6 Å². The summed E-state index contributed by atoms with van der Waals surface area (Å²) in [6.45, 7) is 0. The number of benzene rings is 2. The van der Waals surface area contributed by atoms with Crippen LogP contribution in [0.25, 0.3) is 16.7 Å². The molecule has 1 N–H and O–H groups in total. The van der Waals surface area contributed by atoms with Gasteiger partial charge in [0, 0.05) is 30.0 Å². The molecule has 1 atom stereocenters. The Balaban J connectivity index is 1.57. The molecule has 0 amide bonds. The van der Waals surface area contributed by atoms with Crippen LogP contribution in [0.5, 0.6) is 0 Å². The third-order valence-electron chi connectivity index (χ3n) is 5.46. The van der Waals surface area contributed by atoms with E-state index in [0.717, 1.165) is 33.4 Å². The second kappa shape index (κ2) is 7.19. The maximum absolute atomic E-state index is 11.6. The van der Waals surface area contributed by atoms with Crippen molar-refractivity contribution >= 4 is 16.7 Å². The van der Waals surface area contributed by atoms with Gasteiger partial charge in [0.25, 0.3) is 0 Å². The van der Waals surface area contributed by atoms with Crippen LogP contribution in [-0.2, 0) is 12.0 Å². The van der Waals surface area contributed by atoms with Gasteiger partial charge in [-0.2, -0.15) is 0 Å². The second-order valence-corrected chi connectivity index (χ2v) is 7.41. The second-order valence-electron chi connectivity index (χ2n) is 7.41. The van der Waals surface area contributed by atoms with Gasteiger partial charge in [0.2, 0.25) is 5.71 Å². The third kappa shape index (κ3) is 3.30. The van der Waals surface area contributed by atoms with E-state index in [2.05, 4.69) is 35.3 Å². The van der Waals surface area contributed by atoms with Gasteiger partial charge in [0.15, 0.2) is 0 Å². The van der Waals surface area contributed by atoms with E-state index in [1.165, 1.54) is 0 Å². The van der Waals surface area contributed by atoms with Crippen molar-refractivity contribution in [3.8, 4) is 0 Å². The van der Waals surface area contributed by atoms with Gasteiger partial charge < -0.3 is 9.52 Å². The molecule has 1 aliphatic rings. The topological polar surface area (TPSA) is 46.3 Å². The molecule has 3 heteroatoms. The van der Waals surface area contributed by atoms with Crippen molar-refractivity contribution in [3.05, 3.63) is 120 Å². The molecular weight excluding hydrogens is 358 g/mol. The number of nitrogens with zero attached hydrogens (tertiary/aromatic N) is 1. The quantitative estimate of drug-likeness (QED) is 0.498. The maximum atomic E-state index is 11.6. The molecule has 29 heavy (non-hydrogen) atoms. The molecule has 0 radical (unpaired) electrons. The molecule has 0 spiro atoms. The van der Waals surface area contributed by atoms with Gasteiger partial charge in [-0.05, 0) is 34.9 Å². The highest BCUT2D eigenvalue weighted by atomic mass is 16.3. The largest absolute Gasteiger partial charge is 0.442 e. The van der Waals surface area contributed by atoms with E-state index in [4.69, 9.17) is 4.42 Å². The number of hydrogen-bond acceptors (Lipinski definition) is 3. The SMILES string of the molecule is OC1(c2c(Cc3ccccc3)oc3ncccc23)C=CC(c2ccccc2)=CC1. The Labute approximate surface area is 169 Å². The van der Waals surface area contributed by atoms with Crippen LogP contribution >= 0.6 is 0 Å². The first-order valence-corrected chi connectivity index (χ1v) is 9.81. The first kappa shape index (κ1) is 17.7. The van der Waals surface area contributed by atoms with Crippen molar-refractivity contribution in [1.29, 1.82) is 0 Å². The Morgan fingerprint density at radius 2 is 1.69 bits per heavy atom. The minimum absolute atomic E-state index is 0.485. The highest BCUT2D eigenvalue weighted by Crippen LogP contribution is 2.41. The molecule has 1 aliphatic carbocycles. The highest BCUT2D eigenvalue weighted by Gasteiger charge is 2.34. The van der Waals surface area contributed by atoms with Gasteiger partial charge in [-0.15, -0.1) is 0 Å². The van der Waals surface area contributed by atoms with Crippen molar-refractivity contribution in [2.24, 2.45) is 0 Å². The lowest BCUT2D eigenvalue weighted by Crippen LogP contribution is -2.25. The van der Waals surface area contributed by atoms with Crippen LogP contribution in [0.2, 0.25) is 0 Å². The third-order valence-corrected chi connectivity index (χ3v) is 5.46. The van der Waals surface area contributed by atoms with Crippen LogP contribution in [0.4, 0.5) is 0 Å². The zero-order valence-electron chi connectivity index (χ0n) is 16.0. The summed E-state index contributed by atoms with van der Waals surface area (Å²) in [5.74, 6) is 0.758. The lowest BCUT2D eigenvalue weighted by atomic mass is 9.82. The summed E-state index contributed by atoms with van der Waals surface area (Å²) in [6.07, 6.45) is 8.80. The van der Waals surface area contributed by atoms with Gasteiger partial charge in [0.1, 0.15) is 11.4 Å². The number of aliphatic hydroxyl groups is 1. The number of fused-ring (bicyclic) bond motifs is 1.